The zero-order chi connectivity index (χ0) is 28.4. The van der Waals surface area contributed by atoms with Crippen LogP contribution in [-0.4, -0.2) is 61.1 Å². The molecule has 0 bridgehead atoms. The number of nitrogens with two attached hydrogens (primary N) is 1. The number of primary sulfonamides is 1. The molecule has 10 nitrogen and oxygen atoms in total. The fraction of sp³-hybridized carbons (Fsp3) is 0.519. The Morgan fingerprint density at radius 1 is 1.03 bits per heavy atom. The number of benzene rings is 2. The van der Waals surface area contributed by atoms with E-state index in [1.54, 1.807) is 24.3 Å². The van der Waals surface area contributed by atoms with Gasteiger partial charge in [-0.3, -0.25) is 4.79 Å². The minimum absolute atomic E-state index is 0.0274. The Labute approximate surface area is 225 Å². The fourth-order valence-electron chi connectivity index (χ4n) is 3.62. The van der Waals surface area contributed by atoms with Gasteiger partial charge in [0.05, 0.1) is 17.6 Å². The summed E-state index contributed by atoms with van der Waals surface area (Å²) in [7, 11) is -3.65. The van der Waals surface area contributed by atoms with Gasteiger partial charge in [-0.2, -0.15) is 0 Å². The van der Waals surface area contributed by atoms with Crippen LogP contribution in [0.4, 0.5) is 0 Å². The van der Waals surface area contributed by atoms with Crippen LogP contribution in [0.1, 0.15) is 68.2 Å². The number of aromatic hydroxyl groups is 1. The molecule has 0 aliphatic rings. The van der Waals surface area contributed by atoms with Gasteiger partial charge >= 0.3 is 0 Å². The van der Waals surface area contributed by atoms with Crippen molar-refractivity contribution in [2.24, 2.45) is 5.14 Å². The number of sulfonamides is 1. The molecule has 0 saturated carbocycles. The molecule has 11 heteroatoms. The number of hydrogen-bond donors (Lipinski definition) is 6. The predicted octanol–water partition coefficient (Wildman–Crippen LogP) is 2.85. The van der Waals surface area contributed by atoms with Crippen LogP contribution in [0.2, 0.25) is 0 Å². The Kier molecular flexibility index (Phi) is 16.5. The van der Waals surface area contributed by atoms with Gasteiger partial charge in [-0.1, -0.05) is 31.0 Å². The number of carboxylic acids is 1. The maximum Gasteiger partial charge on any atom is 0.300 e. The van der Waals surface area contributed by atoms with E-state index in [0.29, 0.717) is 24.3 Å². The Morgan fingerprint density at radius 3 is 2.34 bits per heavy atom. The van der Waals surface area contributed by atoms with Crippen molar-refractivity contribution in [1.29, 1.82) is 0 Å². The largest absolute Gasteiger partial charge is 0.508 e. The Hall–Kier alpha value is -2.54. The smallest absolute Gasteiger partial charge is 0.300 e. The molecule has 0 aliphatic heterocycles. The molecule has 38 heavy (non-hydrogen) atoms. The molecule has 2 aromatic rings. The number of carbonyl (C=O) groups is 1. The summed E-state index contributed by atoms with van der Waals surface area (Å²) < 4.78 is 28.5. The first-order valence-electron chi connectivity index (χ1n) is 12.7. The van der Waals surface area contributed by atoms with Crippen molar-refractivity contribution in [3.05, 3.63) is 59.2 Å². The van der Waals surface area contributed by atoms with E-state index in [0.717, 1.165) is 70.6 Å². The van der Waals surface area contributed by atoms with Crippen LogP contribution >= 0.6 is 0 Å². The SMILES string of the molecule is CC(=O)O.NS(=O)(=O)c1cccc(CCCCCCOCCCCNC[C@H](O)c2ccc(O)c(CO)c2)c1. The Balaban J connectivity index is 0.00000168. The zero-order valence-electron chi connectivity index (χ0n) is 22.0. The van der Waals surface area contributed by atoms with Crippen LogP contribution in [0.5, 0.6) is 5.75 Å². The number of nitrogens with one attached hydrogen (secondary N) is 1. The number of aliphatic hydroxyl groups excluding tert-OH is 2. The van der Waals surface area contributed by atoms with E-state index in [4.69, 9.17) is 19.8 Å². The van der Waals surface area contributed by atoms with Gasteiger partial charge in [0, 0.05) is 32.2 Å². The summed E-state index contributed by atoms with van der Waals surface area (Å²) in [6.07, 6.45) is 6.17. The van der Waals surface area contributed by atoms with E-state index in [1.165, 1.54) is 12.1 Å². The van der Waals surface area contributed by atoms with Crippen molar-refractivity contribution in [2.45, 2.75) is 69.5 Å². The standard InChI is InChI=1S/C25H38N2O6S.C2H4O2/c26-34(31,32)23-10-7-9-20(16-23)8-3-1-2-5-14-33-15-6-4-13-27-18-25(30)21-11-12-24(29)22(17-21)19-28;1-2(3)4/h7,9-12,16-17,25,27-30H,1-6,8,13-15,18-19H2,(H2,26,31,32);1H3,(H,3,4)/t25-;/m0./s1. The summed E-state index contributed by atoms with van der Waals surface area (Å²) in [4.78, 5) is 9.17. The van der Waals surface area contributed by atoms with Crippen LogP contribution in [0.15, 0.2) is 47.4 Å². The molecule has 0 spiro atoms. The summed E-state index contributed by atoms with van der Waals surface area (Å²) in [5.41, 5.74) is 2.06. The third kappa shape index (κ3) is 15.0. The highest BCUT2D eigenvalue weighted by molar-refractivity contribution is 7.89. The van der Waals surface area contributed by atoms with Crippen LogP contribution in [0.25, 0.3) is 0 Å². The summed E-state index contributed by atoms with van der Waals surface area (Å²) in [5.74, 6) is -0.806. The number of aryl methyl sites for hydroxylation is 1. The van der Waals surface area contributed by atoms with Gasteiger partial charge in [-0.25, -0.2) is 13.6 Å². The maximum absolute atomic E-state index is 11.4. The number of aliphatic carboxylic acids is 1. The summed E-state index contributed by atoms with van der Waals surface area (Å²) in [6, 6.07) is 11.6. The lowest BCUT2D eigenvalue weighted by Crippen LogP contribution is -2.22. The highest BCUT2D eigenvalue weighted by Gasteiger charge is 2.10. The van der Waals surface area contributed by atoms with Crippen molar-refractivity contribution < 1.29 is 38.4 Å². The number of phenols is 1. The van der Waals surface area contributed by atoms with E-state index < -0.39 is 22.1 Å². The Morgan fingerprint density at radius 2 is 1.68 bits per heavy atom. The maximum atomic E-state index is 11.4. The van der Waals surface area contributed by atoms with Crippen molar-refractivity contribution in [1.82, 2.24) is 5.32 Å². The van der Waals surface area contributed by atoms with Gasteiger partial charge in [-0.05, 0) is 74.0 Å². The average molecular weight is 555 g/mol. The van der Waals surface area contributed by atoms with Crippen LogP contribution < -0.4 is 10.5 Å². The molecule has 0 saturated heterocycles. The zero-order valence-corrected chi connectivity index (χ0v) is 22.8. The topological polar surface area (TPSA) is 179 Å². The molecule has 0 aliphatic carbocycles. The number of ether oxygens (including phenoxy) is 1. The molecule has 0 amide bonds. The molecule has 7 N–H and O–H groups in total. The van der Waals surface area contributed by atoms with Crippen molar-refractivity contribution >= 4 is 16.0 Å². The third-order valence-corrected chi connectivity index (χ3v) is 6.53. The van der Waals surface area contributed by atoms with E-state index in [1.807, 2.05) is 6.07 Å². The van der Waals surface area contributed by atoms with E-state index in [9.17, 15) is 23.7 Å². The van der Waals surface area contributed by atoms with E-state index >= 15 is 0 Å². The van der Waals surface area contributed by atoms with Gasteiger partial charge in [0.1, 0.15) is 5.75 Å². The molecular formula is C27H42N2O8S. The number of rotatable bonds is 17. The predicted molar refractivity (Wildman–Crippen MR) is 145 cm³/mol. The second kappa shape index (κ2) is 18.7. The molecule has 0 radical (unpaired) electrons. The molecule has 0 heterocycles. The molecule has 0 fully saturated rings. The van der Waals surface area contributed by atoms with Gasteiger partial charge < -0.3 is 30.5 Å². The van der Waals surface area contributed by atoms with Gasteiger partial charge in [-0.15, -0.1) is 0 Å². The fourth-order valence-corrected chi connectivity index (χ4v) is 4.20. The molecular weight excluding hydrogens is 512 g/mol. The number of aliphatic hydroxyl groups is 2. The minimum Gasteiger partial charge on any atom is -0.508 e. The highest BCUT2D eigenvalue weighted by atomic mass is 32.2. The number of carboxylic acid groups (broad SMARTS) is 1. The van der Waals surface area contributed by atoms with Crippen LogP contribution in [-0.2, 0) is 32.6 Å². The molecule has 0 unspecified atom stereocenters. The second-order valence-corrected chi connectivity index (χ2v) is 10.5. The Bertz CT molecular complexity index is 1060. The molecule has 0 aromatic heterocycles. The summed E-state index contributed by atoms with van der Waals surface area (Å²) >= 11 is 0. The van der Waals surface area contributed by atoms with Gasteiger partial charge in [0.15, 0.2) is 0 Å². The minimum atomic E-state index is -3.65. The van der Waals surface area contributed by atoms with Crippen LogP contribution in [0, 0.1) is 0 Å². The lowest BCUT2D eigenvalue weighted by molar-refractivity contribution is -0.134. The normalized spacial score (nSPS) is 12.0. The second-order valence-electron chi connectivity index (χ2n) is 8.96. The molecule has 214 valence electrons. The number of unbranched alkanes of at least 4 members (excludes halogenated alkanes) is 4. The lowest BCUT2D eigenvalue weighted by Gasteiger charge is -2.14. The van der Waals surface area contributed by atoms with Gasteiger partial charge in [0.2, 0.25) is 10.0 Å². The quantitative estimate of drug-likeness (QED) is 0.160. The first-order chi connectivity index (χ1) is 18.0. The van der Waals surface area contributed by atoms with Gasteiger partial charge in [0.25, 0.3) is 5.97 Å². The monoisotopic (exact) mass is 554 g/mol. The highest BCUT2D eigenvalue weighted by Crippen LogP contribution is 2.22. The first kappa shape index (κ1) is 33.5. The van der Waals surface area contributed by atoms with Crippen molar-refractivity contribution in [2.75, 3.05) is 26.3 Å². The van der Waals surface area contributed by atoms with E-state index in [-0.39, 0.29) is 17.3 Å². The van der Waals surface area contributed by atoms with Crippen LogP contribution in [0.3, 0.4) is 0 Å². The average Bonchev–Trinajstić information content (AvgIpc) is 2.86. The summed E-state index contributed by atoms with van der Waals surface area (Å²) in [6.45, 7) is 3.45. The molecule has 2 rings (SSSR count). The van der Waals surface area contributed by atoms with Crippen molar-refractivity contribution in [3.63, 3.8) is 0 Å². The third-order valence-electron chi connectivity index (χ3n) is 5.62. The molecule has 2 aromatic carbocycles. The van der Waals surface area contributed by atoms with E-state index in [2.05, 4.69) is 5.32 Å². The first-order valence-corrected chi connectivity index (χ1v) is 14.3. The van der Waals surface area contributed by atoms with Crippen molar-refractivity contribution in [3.8, 4) is 5.75 Å². The lowest BCUT2D eigenvalue weighted by atomic mass is 10.1. The molecule has 1 atom stereocenters. The summed E-state index contributed by atoms with van der Waals surface area (Å²) in [5, 5.41) is 44.8. The number of hydrogen-bond acceptors (Lipinski definition) is 8.